The smallest absolute Gasteiger partial charge is 0.238 e. The van der Waals surface area contributed by atoms with E-state index in [9.17, 15) is 0 Å². The van der Waals surface area contributed by atoms with Gasteiger partial charge in [-0.2, -0.15) is 19.9 Å². The van der Waals surface area contributed by atoms with Gasteiger partial charge in [-0.1, -0.05) is 182 Å². The Labute approximate surface area is 410 Å². The van der Waals surface area contributed by atoms with Gasteiger partial charge in [-0.25, -0.2) is 15.0 Å². The van der Waals surface area contributed by atoms with E-state index in [1.54, 1.807) is 11.3 Å². The van der Waals surface area contributed by atoms with Gasteiger partial charge in [-0.15, -0.1) is 11.3 Å². The van der Waals surface area contributed by atoms with Gasteiger partial charge in [0.15, 0.2) is 23.3 Å². The standard InChI is InChI=1S/C61H37N9S/c1-6-18-38(19-7-1)55-63-56(39-20-8-2-9-21-39)66-60(65-55)69-50-29-17-16-28-45(50)47-36-43(30-34-51(47)69)44-31-35-52-48(37-44)46-32-33-49-54(71-59(62-49)42-26-14-5-15-27-42)53(46)70(52)61-67-57(40-22-10-3-11-23-40)64-58(68-61)41-24-12-4-13-25-41/h1-37H. The number of benzene rings is 9. The fourth-order valence-electron chi connectivity index (χ4n) is 9.74. The highest BCUT2D eigenvalue weighted by molar-refractivity contribution is 7.22. The first-order valence-electron chi connectivity index (χ1n) is 23.4. The van der Waals surface area contributed by atoms with Gasteiger partial charge in [0, 0.05) is 49.4 Å². The van der Waals surface area contributed by atoms with Crippen molar-refractivity contribution in [3.63, 3.8) is 0 Å². The quantitative estimate of drug-likeness (QED) is 0.150. The molecule has 0 aliphatic carbocycles. The van der Waals surface area contributed by atoms with E-state index in [1.807, 2.05) is 127 Å². The summed E-state index contributed by atoms with van der Waals surface area (Å²) in [7, 11) is 0. The number of aromatic nitrogens is 9. The Morgan fingerprint density at radius 1 is 0.282 bits per heavy atom. The molecular weight excluding hydrogens is 891 g/mol. The van der Waals surface area contributed by atoms with E-state index in [1.165, 1.54) is 0 Å². The Balaban J connectivity index is 0.980. The average molecular weight is 928 g/mol. The first-order chi connectivity index (χ1) is 35.2. The number of fused-ring (bicyclic) bond motifs is 8. The molecule has 0 saturated carbocycles. The van der Waals surface area contributed by atoms with Gasteiger partial charge in [0.05, 0.1) is 32.3 Å². The van der Waals surface area contributed by atoms with Crippen molar-refractivity contribution in [3.05, 3.63) is 224 Å². The van der Waals surface area contributed by atoms with Crippen LogP contribution in [0.4, 0.5) is 0 Å². The van der Waals surface area contributed by atoms with Crippen LogP contribution in [-0.2, 0) is 0 Å². The average Bonchev–Trinajstić information content (AvgIpc) is 4.14. The third-order valence-electron chi connectivity index (χ3n) is 13.1. The van der Waals surface area contributed by atoms with Gasteiger partial charge < -0.3 is 0 Å². The maximum atomic E-state index is 5.27. The molecule has 0 bridgehead atoms. The molecule has 0 N–H and O–H groups in total. The largest absolute Gasteiger partial charge is 0.278 e. The monoisotopic (exact) mass is 927 g/mol. The van der Waals surface area contributed by atoms with E-state index in [-0.39, 0.29) is 0 Å². The summed E-state index contributed by atoms with van der Waals surface area (Å²) >= 11 is 1.69. The zero-order chi connectivity index (χ0) is 46.8. The minimum absolute atomic E-state index is 0.533. The van der Waals surface area contributed by atoms with Gasteiger partial charge in [0.1, 0.15) is 5.01 Å². The number of hydrogen-bond acceptors (Lipinski definition) is 8. The van der Waals surface area contributed by atoms with Crippen LogP contribution >= 0.6 is 11.3 Å². The molecule has 14 rings (SSSR count). The van der Waals surface area contributed by atoms with E-state index in [4.69, 9.17) is 34.9 Å². The summed E-state index contributed by atoms with van der Waals surface area (Å²) in [4.78, 5) is 36.1. The SMILES string of the molecule is c1ccc(-c2nc(-c3ccccc3)nc(-n3c4ccccc4c4cc(-c5ccc6c(c5)c5ccc7nc(-c8ccccc8)sc7c5n6-c5nc(-c6ccccc6)nc(-c6ccccc6)n5)ccc43)n2)cc1. The Kier molecular flexibility index (Phi) is 9.49. The molecule has 0 saturated heterocycles. The van der Waals surface area contributed by atoms with Crippen LogP contribution in [-0.4, -0.2) is 44.0 Å². The maximum Gasteiger partial charge on any atom is 0.238 e. The van der Waals surface area contributed by atoms with E-state index in [2.05, 4.69) is 106 Å². The number of hydrogen-bond donors (Lipinski definition) is 0. The van der Waals surface area contributed by atoms with Gasteiger partial charge in [-0.05, 0) is 53.6 Å². The molecule has 0 atom stereocenters. The molecule has 9 nitrogen and oxygen atoms in total. The summed E-state index contributed by atoms with van der Waals surface area (Å²) in [5, 5.41) is 5.30. The van der Waals surface area contributed by atoms with E-state index < -0.39 is 0 Å². The van der Waals surface area contributed by atoms with Crippen LogP contribution in [0.5, 0.6) is 0 Å². The lowest BCUT2D eigenvalue weighted by Crippen LogP contribution is -2.06. The second kappa shape index (κ2) is 16.6. The van der Waals surface area contributed by atoms with E-state index in [0.717, 1.165) is 97.8 Å². The summed E-state index contributed by atoms with van der Waals surface area (Å²) in [5.74, 6) is 3.51. The molecule has 0 amide bonds. The zero-order valence-electron chi connectivity index (χ0n) is 37.8. The maximum absolute atomic E-state index is 5.27. The van der Waals surface area contributed by atoms with Crippen LogP contribution in [0.3, 0.4) is 0 Å². The number of para-hydroxylation sites is 1. The molecule has 0 spiro atoms. The van der Waals surface area contributed by atoms with Crippen LogP contribution < -0.4 is 0 Å². The molecule has 9 aromatic carbocycles. The van der Waals surface area contributed by atoms with Gasteiger partial charge in [0.2, 0.25) is 11.9 Å². The van der Waals surface area contributed by atoms with Gasteiger partial charge >= 0.3 is 0 Å². The van der Waals surface area contributed by atoms with Crippen molar-refractivity contribution in [2.75, 3.05) is 0 Å². The lowest BCUT2D eigenvalue weighted by atomic mass is 10.0. The normalized spacial score (nSPS) is 11.7. The van der Waals surface area contributed by atoms with Crippen molar-refractivity contribution in [1.82, 2.24) is 44.0 Å². The molecule has 0 unspecified atom stereocenters. The highest BCUT2D eigenvalue weighted by Gasteiger charge is 2.23. The van der Waals surface area contributed by atoms with Crippen molar-refractivity contribution in [2.24, 2.45) is 0 Å². The van der Waals surface area contributed by atoms with Crippen LogP contribution in [0.2, 0.25) is 0 Å². The zero-order valence-corrected chi connectivity index (χ0v) is 38.6. The predicted molar refractivity (Wildman–Crippen MR) is 288 cm³/mol. The lowest BCUT2D eigenvalue weighted by Gasteiger charge is -2.11. The summed E-state index contributed by atoms with van der Waals surface area (Å²) in [6, 6.07) is 77.1. The first kappa shape index (κ1) is 40.5. The summed E-state index contributed by atoms with van der Waals surface area (Å²) < 4.78 is 5.43. The van der Waals surface area contributed by atoms with Crippen molar-refractivity contribution >= 4 is 65.2 Å². The second-order valence-corrected chi connectivity index (χ2v) is 18.4. The number of nitrogens with zero attached hydrogens (tertiary/aromatic N) is 9. The van der Waals surface area contributed by atoms with Crippen LogP contribution in [0.15, 0.2) is 224 Å². The van der Waals surface area contributed by atoms with Crippen molar-refractivity contribution < 1.29 is 0 Å². The van der Waals surface area contributed by atoms with Crippen LogP contribution in [0.1, 0.15) is 0 Å². The van der Waals surface area contributed by atoms with E-state index >= 15 is 0 Å². The molecule has 0 aliphatic heterocycles. The minimum atomic E-state index is 0.533. The van der Waals surface area contributed by atoms with Crippen molar-refractivity contribution in [3.8, 4) is 79.1 Å². The van der Waals surface area contributed by atoms with Crippen LogP contribution in [0.25, 0.3) is 133 Å². The minimum Gasteiger partial charge on any atom is -0.278 e. The molecule has 0 aliphatic rings. The number of rotatable bonds is 8. The molecule has 332 valence electrons. The molecule has 5 aromatic heterocycles. The highest BCUT2D eigenvalue weighted by Crippen LogP contribution is 2.43. The predicted octanol–water partition coefficient (Wildman–Crippen LogP) is 14.9. The van der Waals surface area contributed by atoms with Crippen molar-refractivity contribution in [2.45, 2.75) is 0 Å². The Hall–Kier alpha value is -9.51. The van der Waals surface area contributed by atoms with E-state index in [0.29, 0.717) is 35.2 Å². The molecule has 0 fully saturated rings. The molecule has 5 heterocycles. The second-order valence-electron chi connectivity index (χ2n) is 17.4. The Morgan fingerprint density at radius 2 is 0.690 bits per heavy atom. The fourth-order valence-corrected chi connectivity index (χ4v) is 10.8. The highest BCUT2D eigenvalue weighted by atomic mass is 32.1. The Bertz CT molecular complexity index is 4210. The molecule has 14 aromatic rings. The molecule has 0 radical (unpaired) electrons. The lowest BCUT2D eigenvalue weighted by molar-refractivity contribution is 0.953. The van der Waals surface area contributed by atoms with Gasteiger partial charge in [0.25, 0.3) is 0 Å². The van der Waals surface area contributed by atoms with Crippen molar-refractivity contribution in [1.29, 1.82) is 0 Å². The first-order valence-corrected chi connectivity index (χ1v) is 24.2. The van der Waals surface area contributed by atoms with Gasteiger partial charge in [-0.3, -0.25) is 9.13 Å². The molecule has 10 heteroatoms. The van der Waals surface area contributed by atoms with Crippen LogP contribution in [0, 0.1) is 0 Å². The topological polar surface area (TPSA) is 100 Å². The Morgan fingerprint density at radius 3 is 1.20 bits per heavy atom. The fraction of sp³-hybridized carbons (Fsp3) is 0. The molecular formula is C61H37N9S. The third kappa shape index (κ3) is 6.96. The summed E-state index contributed by atoms with van der Waals surface area (Å²) in [5.41, 5.74) is 11.8. The third-order valence-corrected chi connectivity index (χ3v) is 14.2. The summed E-state index contributed by atoms with van der Waals surface area (Å²) in [6.07, 6.45) is 0. The summed E-state index contributed by atoms with van der Waals surface area (Å²) in [6.45, 7) is 0. The molecule has 71 heavy (non-hydrogen) atoms. The number of thiazole rings is 1.